The summed E-state index contributed by atoms with van der Waals surface area (Å²) in [5.41, 5.74) is 54.7. The molecule has 0 aromatic rings. The molecule has 2 rings (SSSR count). The van der Waals surface area contributed by atoms with E-state index in [4.69, 9.17) is 66.8 Å². The van der Waals surface area contributed by atoms with Crippen molar-refractivity contribution in [2.24, 2.45) is 85.9 Å². The van der Waals surface area contributed by atoms with Gasteiger partial charge in [0.05, 0.1) is 19.8 Å². The summed E-state index contributed by atoms with van der Waals surface area (Å²) in [4.78, 5) is 0. The van der Waals surface area contributed by atoms with Gasteiger partial charge in [0.1, 0.15) is 0 Å². The highest BCUT2D eigenvalue weighted by molar-refractivity contribution is 4.90. The van der Waals surface area contributed by atoms with Crippen LogP contribution in [0.3, 0.4) is 0 Å². The molecule has 5 atom stereocenters. The highest BCUT2D eigenvalue weighted by Gasteiger charge is 2.36. The average Bonchev–Trinajstić information content (AvgIpc) is 3.23. The van der Waals surface area contributed by atoms with Crippen molar-refractivity contribution in [2.75, 3.05) is 72.2 Å². The Morgan fingerprint density at radius 2 is 1.08 bits per heavy atom. The van der Waals surface area contributed by atoms with E-state index < -0.39 is 0 Å². The van der Waals surface area contributed by atoms with Crippen molar-refractivity contribution >= 4 is 0 Å². The van der Waals surface area contributed by atoms with E-state index in [-0.39, 0.29) is 6.04 Å². The van der Waals surface area contributed by atoms with Gasteiger partial charge in [-0.2, -0.15) is 0 Å². The summed E-state index contributed by atoms with van der Waals surface area (Å²) in [6.07, 6.45) is 26.2. The van der Waals surface area contributed by atoms with Crippen molar-refractivity contribution in [1.82, 2.24) is 0 Å². The molecule has 0 aromatic heterocycles. The molecule has 12 nitrogen and oxygen atoms in total. The summed E-state index contributed by atoms with van der Waals surface area (Å²) in [7, 11) is 0. The van der Waals surface area contributed by atoms with Gasteiger partial charge in [0.15, 0.2) is 0 Å². The first-order valence-corrected chi connectivity index (χ1v) is 26.6. The molecule has 0 radical (unpaired) electrons. The minimum absolute atomic E-state index is 0.273. The van der Waals surface area contributed by atoms with Crippen molar-refractivity contribution in [3.05, 3.63) is 0 Å². The Labute approximate surface area is 402 Å². The maximum Gasteiger partial charge on any atom is 0.0701 e. The number of hydrogen-bond donors (Lipinski definition) is 10. The molecule has 2 aliphatic rings. The first-order valence-electron chi connectivity index (χ1n) is 26.6. The molecule has 64 heavy (non-hydrogen) atoms. The number of nitrogens with two attached hydrogens (primary N) is 10. The van der Waals surface area contributed by atoms with Gasteiger partial charge >= 0.3 is 0 Å². The molecule has 0 heterocycles. The molecular formula is C52H126N10O2. The van der Waals surface area contributed by atoms with Gasteiger partial charge in [0.2, 0.25) is 0 Å². The summed E-state index contributed by atoms with van der Waals surface area (Å²) < 4.78 is 10.2. The van der Waals surface area contributed by atoms with E-state index in [0.717, 1.165) is 82.8 Å². The summed E-state index contributed by atoms with van der Waals surface area (Å²) in [5.74, 6) is 2.51. The van der Waals surface area contributed by atoms with E-state index in [9.17, 15) is 0 Å². The van der Waals surface area contributed by atoms with Gasteiger partial charge in [-0.25, -0.2) is 0 Å². The van der Waals surface area contributed by atoms with Gasteiger partial charge < -0.3 is 66.8 Å². The maximum absolute atomic E-state index is 5.99. The van der Waals surface area contributed by atoms with Gasteiger partial charge in [0, 0.05) is 31.3 Å². The van der Waals surface area contributed by atoms with E-state index in [2.05, 4.69) is 76.2 Å². The Kier molecular flexibility index (Phi) is 68.8. The summed E-state index contributed by atoms with van der Waals surface area (Å²) in [5, 5.41) is 0. The predicted octanol–water partition coefficient (Wildman–Crippen LogP) is 8.90. The van der Waals surface area contributed by atoms with Crippen LogP contribution in [0.15, 0.2) is 0 Å². The van der Waals surface area contributed by atoms with Crippen LogP contribution in [0.5, 0.6) is 0 Å². The number of rotatable bonds is 24. The fourth-order valence-corrected chi connectivity index (χ4v) is 7.56. The molecule has 0 aromatic carbocycles. The Morgan fingerprint density at radius 1 is 0.562 bits per heavy atom. The minimum Gasteiger partial charge on any atom is -0.379 e. The van der Waals surface area contributed by atoms with E-state index >= 15 is 0 Å². The highest BCUT2D eigenvalue weighted by atomic mass is 16.5. The Hall–Kier alpha value is -0.480. The van der Waals surface area contributed by atoms with Crippen molar-refractivity contribution in [2.45, 2.75) is 236 Å². The van der Waals surface area contributed by atoms with Crippen LogP contribution in [0.4, 0.5) is 0 Å². The topological polar surface area (TPSA) is 279 Å². The molecule has 0 bridgehead atoms. The molecule has 2 fully saturated rings. The van der Waals surface area contributed by atoms with Gasteiger partial charge in [0.25, 0.3) is 0 Å². The van der Waals surface area contributed by atoms with Crippen molar-refractivity contribution in [1.29, 1.82) is 0 Å². The van der Waals surface area contributed by atoms with Gasteiger partial charge in [-0.15, -0.1) is 0 Å². The van der Waals surface area contributed by atoms with E-state index in [1.807, 2.05) is 6.92 Å². The molecule has 396 valence electrons. The van der Waals surface area contributed by atoms with Gasteiger partial charge in [-0.1, -0.05) is 134 Å². The third-order valence-electron chi connectivity index (χ3n) is 10.9. The second-order valence-electron chi connectivity index (χ2n) is 20.2. The number of unbranched alkanes of at least 4 members (excludes halogenated alkanes) is 6. The fourth-order valence-electron chi connectivity index (χ4n) is 7.56. The lowest BCUT2D eigenvalue weighted by Crippen LogP contribution is -2.40. The summed E-state index contributed by atoms with van der Waals surface area (Å²) in [6, 6.07) is 1.02. The highest BCUT2D eigenvalue weighted by Crippen LogP contribution is 2.44. The lowest BCUT2D eigenvalue weighted by molar-refractivity contribution is 0.0510. The zero-order valence-electron chi connectivity index (χ0n) is 45.7. The molecule has 0 spiro atoms. The van der Waals surface area contributed by atoms with Crippen LogP contribution in [-0.2, 0) is 9.47 Å². The average molecular weight is 924 g/mol. The van der Waals surface area contributed by atoms with Crippen LogP contribution < -0.4 is 57.3 Å². The molecule has 2 aliphatic carbocycles. The van der Waals surface area contributed by atoms with Gasteiger partial charge in [-0.3, -0.25) is 0 Å². The number of ether oxygens (including phenoxy) is 2. The third-order valence-corrected chi connectivity index (χ3v) is 10.9. The lowest BCUT2D eigenvalue weighted by Gasteiger charge is -2.43. The van der Waals surface area contributed by atoms with E-state index in [1.54, 1.807) is 0 Å². The second kappa shape index (κ2) is 58.6. The van der Waals surface area contributed by atoms with Gasteiger partial charge in [-0.05, 0) is 152 Å². The molecule has 0 aliphatic heterocycles. The van der Waals surface area contributed by atoms with Crippen LogP contribution in [0.1, 0.15) is 218 Å². The third kappa shape index (κ3) is 73.1. The quantitative estimate of drug-likeness (QED) is 0.0406. The molecule has 5 unspecified atom stereocenters. The Balaban J connectivity index is -0.000000152. The molecule has 2 saturated carbocycles. The van der Waals surface area contributed by atoms with Crippen LogP contribution >= 0.6 is 0 Å². The molecule has 0 amide bonds. The largest absolute Gasteiger partial charge is 0.379 e. The molecule has 20 N–H and O–H groups in total. The Bertz CT molecular complexity index is 778. The summed E-state index contributed by atoms with van der Waals surface area (Å²) >= 11 is 0. The monoisotopic (exact) mass is 923 g/mol. The normalized spacial score (nSPS) is 18.5. The van der Waals surface area contributed by atoms with Crippen LogP contribution in [0, 0.1) is 28.6 Å². The Morgan fingerprint density at radius 3 is 1.39 bits per heavy atom. The minimum atomic E-state index is 0.273. The smallest absolute Gasteiger partial charge is 0.0701 e. The molecule has 0 saturated heterocycles. The first kappa shape index (κ1) is 75.0. The SMILES string of the molecule is CC(N)CCN.CC1(C)CC(N)CC(C)(C)C1.CC1CCCC(CN)C1.CCC(N)CCN.CCCCC(C)CN.CCCCCCCN.CCCCN.CCCOCCOCCN. The van der Waals surface area contributed by atoms with E-state index in [1.165, 1.54) is 109 Å². The van der Waals surface area contributed by atoms with E-state index in [0.29, 0.717) is 55.8 Å². The maximum atomic E-state index is 5.99. The zero-order chi connectivity index (χ0) is 50.5. The zero-order valence-corrected chi connectivity index (χ0v) is 45.7. The van der Waals surface area contributed by atoms with Crippen LogP contribution in [0.2, 0.25) is 0 Å². The molecular weight excluding hydrogens is 797 g/mol. The standard InChI is InChI=1S/C10H21N.C8H17N.C7H17NO2.2C7H17N.C5H14N2.C4H12N2.C4H11N/c1-9(2)5-8(11)6-10(3,4)7-9;1-7-3-2-4-8(5-7)6-9;1-2-4-9-6-7-10-5-3-8;1-3-4-5-7(2)6-8;1-2-3-4-5-6-7-8;1-2-5(7)3-4-6;1-4(6)2-3-5;1-2-3-4-5/h8H,5-7,11H2,1-4H3;7-8H,2-6,9H2,1H3;2-8H2,1H3;7H,3-6,8H2,1-2H3;2-8H2,1H3;5H,2-4,6-7H2,1H3;4H,2-3,5-6H2,1H3;2-5H2,1H3. The van der Waals surface area contributed by atoms with Crippen LogP contribution in [-0.4, -0.2) is 90.4 Å². The number of hydrogen-bond acceptors (Lipinski definition) is 12. The lowest BCUT2D eigenvalue weighted by atomic mass is 9.64. The van der Waals surface area contributed by atoms with Crippen molar-refractivity contribution in [3.8, 4) is 0 Å². The summed E-state index contributed by atoms with van der Waals surface area (Å²) in [6.45, 7) is 34.8. The van der Waals surface area contributed by atoms with Crippen molar-refractivity contribution in [3.63, 3.8) is 0 Å². The first-order chi connectivity index (χ1) is 30.3. The fraction of sp³-hybridized carbons (Fsp3) is 1.00. The second-order valence-corrected chi connectivity index (χ2v) is 20.2. The molecule has 12 heteroatoms. The predicted molar refractivity (Wildman–Crippen MR) is 289 cm³/mol. The van der Waals surface area contributed by atoms with Crippen LogP contribution in [0.25, 0.3) is 0 Å². The van der Waals surface area contributed by atoms with Crippen molar-refractivity contribution < 1.29 is 9.47 Å².